The second-order valence-electron chi connectivity index (χ2n) is 4.90. The monoisotopic (exact) mass is 343 g/mol. The van der Waals surface area contributed by atoms with E-state index in [2.05, 4.69) is 20.7 Å². The van der Waals surface area contributed by atoms with E-state index in [1.165, 1.54) is 4.80 Å². The van der Waals surface area contributed by atoms with Crippen molar-refractivity contribution in [1.29, 1.82) is 0 Å². The van der Waals surface area contributed by atoms with Crippen LogP contribution in [0.3, 0.4) is 0 Å². The number of hydrogen-bond acceptors (Lipinski definition) is 5. The van der Waals surface area contributed by atoms with E-state index in [9.17, 15) is 4.79 Å². The van der Waals surface area contributed by atoms with Crippen molar-refractivity contribution < 1.29 is 9.53 Å². The number of nitrogens with one attached hydrogen (secondary N) is 1. The fourth-order valence-corrected chi connectivity index (χ4v) is 2.23. The van der Waals surface area contributed by atoms with Crippen LogP contribution in [0, 0.1) is 0 Å². The first-order valence-corrected chi connectivity index (χ1v) is 7.50. The Morgan fingerprint density at radius 1 is 1.21 bits per heavy atom. The molecule has 3 aromatic rings. The number of carbonyl (C=O) groups excluding carboxylic acids is 1. The van der Waals surface area contributed by atoms with Crippen molar-refractivity contribution in [2.75, 3.05) is 12.4 Å². The van der Waals surface area contributed by atoms with Crippen LogP contribution in [0.1, 0.15) is 0 Å². The van der Waals surface area contributed by atoms with Gasteiger partial charge in [0.15, 0.2) is 0 Å². The van der Waals surface area contributed by atoms with Crippen molar-refractivity contribution >= 4 is 23.2 Å². The lowest BCUT2D eigenvalue weighted by atomic mass is 10.2. The molecule has 0 fully saturated rings. The Morgan fingerprint density at radius 3 is 2.67 bits per heavy atom. The Labute approximate surface area is 143 Å². The number of carbonyl (C=O) groups is 1. The van der Waals surface area contributed by atoms with Gasteiger partial charge < -0.3 is 10.1 Å². The first-order chi connectivity index (χ1) is 11.7. The van der Waals surface area contributed by atoms with E-state index in [1.807, 2.05) is 12.1 Å². The van der Waals surface area contributed by atoms with Crippen molar-refractivity contribution in [3.8, 4) is 17.1 Å². The Balaban J connectivity index is 1.67. The summed E-state index contributed by atoms with van der Waals surface area (Å²) in [5.41, 5.74) is 1.33. The smallest absolute Gasteiger partial charge is 0.248 e. The summed E-state index contributed by atoms with van der Waals surface area (Å²) in [4.78, 5) is 13.3. The van der Waals surface area contributed by atoms with Gasteiger partial charge in [-0.05, 0) is 41.6 Å². The van der Waals surface area contributed by atoms with Crippen LogP contribution in [-0.4, -0.2) is 33.2 Å². The first-order valence-electron chi connectivity index (χ1n) is 7.12. The number of ether oxygens (including phenoxy) is 1. The van der Waals surface area contributed by atoms with Crippen LogP contribution in [0.5, 0.6) is 5.75 Å². The fourth-order valence-electron chi connectivity index (χ4n) is 2.05. The molecule has 1 heterocycles. The van der Waals surface area contributed by atoms with E-state index in [0.717, 1.165) is 11.3 Å². The quantitative estimate of drug-likeness (QED) is 0.770. The molecule has 1 N–H and O–H groups in total. The lowest BCUT2D eigenvalue weighted by molar-refractivity contribution is -0.117. The second-order valence-corrected chi connectivity index (χ2v) is 5.31. The van der Waals surface area contributed by atoms with Crippen LogP contribution in [0.15, 0.2) is 48.5 Å². The van der Waals surface area contributed by atoms with Gasteiger partial charge in [0.2, 0.25) is 11.7 Å². The van der Waals surface area contributed by atoms with E-state index in [4.69, 9.17) is 16.3 Å². The van der Waals surface area contributed by atoms with Crippen LogP contribution >= 0.6 is 11.6 Å². The fraction of sp³-hybridized carbons (Fsp3) is 0.125. The Kier molecular flexibility index (Phi) is 4.72. The summed E-state index contributed by atoms with van der Waals surface area (Å²) in [6, 6.07) is 14.3. The number of hydrogen-bond donors (Lipinski definition) is 1. The molecule has 7 nitrogen and oxygen atoms in total. The molecular weight excluding hydrogens is 330 g/mol. The van der Waals surface area contributed by atoms with Crippen molar-refractivity contribution in [2.24, 2.45) is 0 Å². The summed E-state index contributed by atoms with van der Waals surface area (Å²) < 4.78 is 5.10. The minimum Gasteiger partial charge on any atom is -0.497 e. The number of benzene rings is 2. The van der Waals surface area contributed by atoms with Crippen molar-refractivity contribution in [3.05, 3.63) is 53.6 Å². The van der Waals surface area contributed by atoms with Gasteiger partial charge in [0.05, 0.1) is 17.8 Å². The largest absolute Gasteiger partial charge is 0.497 e. The average molecular weight is 344 g/mol. The van der Waals surface area contributed by atoms with Crippen LogP contribution in [-0.2, 0) is 11.3 Å². The molecule has 2 aromatic carbocycles. The lowest BCUT2D eigenvalue weighted by Crippen LogP contribution is -2.20. The number of amides is 1. The highest BCUT2D eigenvalue weighted by atomic mass is 35.5. The summed E-state index contributed by atoms with van der Waals surface area (Å²) in [6.07, 6.45) is 0. The van der Waals surface area contributed by atoms with Crippen LogP contribution in [0.2, 0.25) is 5.02 Å². The zero-order valence-corrected chi connectivity index (χ0v) is 13.6. The predicted molar refractivity (Wildman–Crippen MR) is 89.9 cm³/mol. The van der Waals surface area contributed by atoms with E-state index in [1.54, 1.807) is 43.5 Å². The molecule has 1 aromatic heterocycles. The lowest BCUT2D eigenvalue weighted by Gasteiger charge is -2.05. The number of para-hydroxylation sites is 1. The van der Waals surface area contributed by atoms with Gasteiger partial charge in [-0.25, -0.2) is 0 Å². The molecule has 0 aliphatic rings. The normalized spacial score (nSPS) is 10.4. The molecule has 0 saturated carbocycles. The number of anilines is 1. The number of tetrazole rings is 1. The van der Waals surface area contributed by atoms with Gasteiger partial charge in [0.25, 0.3) is 0 Å². The van der Waals surface area contributed by atoms with Crippen LogP contribution < -0.4 is 10.1 Å². The van der Waals surface area contributed by atoms with Crippen molar-refractivity contribution in [2.45, 2.75) is 6.54 Å². The van der Waals surface area contributed by atoms with Gasteiger partial charge in [0, 0.05) is 5.56 Å². The maximum absolute atomic E-state index is 12.0. The molecule has 0 saturated heterocycles. The zero-order valence-electron chi connectivity index (χ0n) is 12.8. The molecule has 3 rings (SSSR count). The summed E-state index contributed by atoms with van der Waals surface area (Å²) in [6.45, 7) is -0.0611. The minimum atomic E-state index is -0.290. The highest BCUT2D eigenvalue weighted by molar-refractivity contribution is 6.33. The molecule has 8 heteroatoms. The Bertz CT molecular complexity index is 848. The van der Waals surface area contributed by atoms with Crippen molar-refractivity contribution in [3.63, 3.8) is 0 Å². The van der Waals surface area contributed by atoms with E-state index in [-0.39, 0.29) is 12.5 Å². The maximum atomic E-state index is 12.0. The molecule has 0 unspecified atom stereocenters. The van der Waals surface area contributed by atoms with Gasteiger partial charge in [-0.1, -0.05) is 23.7 Å². The third-order valence-electron chi connectivity index (χ3n) is 3.23. The van der Waals surface area contributed by atoms with Crippen LogP contribution in [0.4, 0.5) is 5.69 Å². The SMILES string of the molecule is COc1ccc(-c2nnn(CC(=O)Nc3ccccc3Cl)n2)cc1. The topological polar surface area (TPSA) is 81.9 Å². The molecule has 122 valence electrons. The number of nitrogens with zero attached hydrogens (tertiary/aromatic N) is 4. The van der Waals surface area contributed by atoms with Gasteiger partial charge >= 0.3 is 0 Å². The Morgan fingerprint density at radius 2 is 1.96 bits per heavy atom. The maximum Gasteiger partial charge on any atom is 0.248 e. The summed E-state index contributed by atoms with van der Waals surface area (Å²) in [5, 5.41) is 15.2. The summed E-state index contributed by atoms with van der Waals surface area (Å²) in [5.74, 6) is 0.884. The molecule has 0 bridgehead atoms. The second kappa shape index (κ2) is 7.10. The van der Waals surface area contributed by atoms with Crippen LogP contribution in [0.25, 0.3) is 11.4 Å². The van der Waals surface area contributed by atoms with Gasteiger partial charge in [-0.2, -0.15) is 4.80 Å². The standard InChI is InChI=1S/C16H14ClN5O2/c1-24-12-8-6-11(7-9-12)16-19-21-22(20-16)10-15(23)18-14-5-3-2-4-13(14)17/h2-9H,10H2,1H3,(H,18,23). The molecule has 0 atom stereocenters. The molecule has 0 aliphatic heterocycles. The van der Waals surface area contributed by atoms with E-state index < -0.39 is 0 Å². The molecule has 24 heavy (non-hydrogen) atoms. The van der Waals surface area contributed by atoms with E-state index in [0.29, 0.717) is 16.5 Å². The molecule has 0 radical (unpaired) electrons. The van der Waals surface area contributed by atoms with E-state index >= 15 is 0 Å². The number of methoxy groups -OCH3 is 1. The number of halogens is 1. The molecule has 0 spiro atoms. The highest BCUT2D eigenvalue weighted by Crippen LogP contribution is 2.20. The predicted octanol–water partition coefficient (Wildman–Crippen LogP) is 2.64. The minimum absolute atomic E-state index is 0.0611. The third kappa shape index (κ3) is 3.69. The summed E-state index contributed by atoms with van der Waals surface area (Å²) in [7, 11) is 1.60. The first kappa shape index (κ1) is 15.9. The highest BCUT2D eigenvalue weighted by Gasteiger charge is 2.10. The molecular formula is C16H14ClN5O2. The average Bonchev–Trinajstić information content (AvgIpc) is 3.05. The number of rotatable bonds is 5. The molecule has 1 amide bonds. The van der Waals surface area contributed by atoms with Gasteiger partial charge in [-0.3, -0.25) is 4.79 Å². The molecule has 0 aliphatic carbocycles. The van der Waals surface area contributed by atoms with Gasteiger partial charge in [-0.15, -0.1) is 10.2 Å². The summed E-state index contributed by atoms with van der Waals surface area (Å²) >= 11 is 6.00. The number of aromatic nitrogens is 4. The Hall–Kier alpha value is -2.93. The third-order valence-corrected chi connectivity index (χ3v) is 3.56. The zero-order chi connectivity index (χ0) is 16.9. The van der Waals surface area contributed by atoms with Gasteiger partial charge in [0.1, 0.15) is 12.3 Å². The van der Waals surface area contributed by atoms with Crippen molar-refractivity contribution in [1.82, 2.24) is 20.2 Å².